The van der Waals surface area contributed by atoms with Crippen molar-refractivity contribution in [3.05, 3.63) is 0 Å². The molecule has 1 unspecified atom stereocenters. The summed E-state index contributed by atoms with van der Waals surface area (Å²) in [6, 6.07) is 0. The monoisotopic (exact) mass is 137 g/mol. The Morgan fingerprint density at radius 1 is 1.70 bits per heavy atom. The van der Waals surface area contributed by atoms with Crippen LogP contribution in [-0.2, 0) is 9.53 Å². The second-order valence-electron chi connectivity index (χ2n) is 2.91. The molecule has 1 radical (unpaired) electrons. The van der Waals surface area contributed by atoms with E-state index in [2.05, 4.69) is 0 Å². The number of hydrogen-bond donors (Lipinski definition) is 1. The van der Waals surface area contributed by atoms with Gasteiger partial charge in [0.05, 0.1) is 5.60 Å². The average molecular weight is 137 g/mol. The van der Waals surface area contributed by atoms with Crippen LogP contribution in [0.2, 0.25) is 0 Å². The zero-order valence-corrected chi connectivity index (χ0v) is 6.55. The van der Waals surface area contributed by atoms with Crippen LogP contribution in [0, 0.1) is 0 Å². The van der Waals surface area contributed by atoms with Gasteiger partial charge in [-0.05, 0) is 13.8 Å². The molecule has 0 amide bonds. The molecule has 1 saturated heterocycles. The minimum absolute atomic E-state index is 0. The Balaban J connectivity index is 0.000000810. The molecule has 1 heterocycles. The molecule has 0 aromatic rings. The number of ether oxygens (including phenoxy) is 1. The SMILES string of the molecule is CC1(C)CC(C(=O)O)O1.[Li]. The Morgan fingerprint density at radius 3 is 2.20 bits per heavy atom. The standard InChI is InChI=1S/C6H10O3.Li/c1-6(2)3-4(9-6)5(7)8;/h4H,3H2,1-2H3,(H,7,8);. The van der Waals surface area contributed by atoms with Crippen molar-refractivity contribution in [2.75, 3.05) is 0 Å². The van der Waals surface area contributed by atoms with E-state index in [0.29, 0.717) is 6.42 Å². The summed E-state index contributed by atoms with van der Waals surface area (Å²) in [6.07, 6.45) is 0.0718. The van der Waals surface area contributed by atoms with E-state index in [1.807, 2.05) is 13.8 Å². The normalized spacial score (nSPS) is 28.0. The maximum atomic E-state index is 10.1. The van der Waals surface area contributed by atoms with Crippen LogP contribution < -0.4 is 0 Å². The molecule has 1 rings (SSSR count). The van der Waals surface area contributed by atoms with Gasteiger partial charge in [0.25, 0.3) is 0 Å². The molecule has 0 aromatic heterocycles. The second kappa shape index (κ2) is 2.96. The predicted octanol–water partition coefficient (Wildman–Crippen LogP) is 0.258. The minimum Gasteiger partial charge on any atom is -0.479 e. The first kappa shape index (κ1) is 10.0. The van der Waals surface area contributed by atoms with Gasteiger partial charge in [0.15, 0.2) is 6.10 Å². The van der Waals surface area contributed by atoms with Gasteiger partial charge in [0.2, 0.25) is 0 Å². The van der Waals surface area contributed by atoms with Crippen molar-refractivity contribution in [1.82, 2.24) is 0 Å². The molecule has 53 valence electrons. The number of aliphatic carboxylic acids is 1. The van der Waals surface area contributed by atoms with Gasteiger partial charge >= 0.3 is 5.97 Å². The summed E-state index contributed by atoms with van der Waals surface area (Å²) in [4.78, 5) is 10.1. The van der Waals surface area contributed by atoms with Crippen LogP contribution in [0.4, 0.5) is 0 Å². The predicted molar refractivity (Wildman–Crippen MR) is 37.0 cm³/mol. The molecular weight excluding hydrogens is 127 g/mol. The molecule has 0 saturated carbocycles. The number of hydrogen-bond acceptors (Lipinski definition) is 2. The molecule has 1 aliphatic heterocycles. The van der Waals surface area contributed by atoms with Crippen molar-refractivity contribution in [3.63, 3.8) is 0 Å². The van der Waals surface area contributed by atoms with E-state index in [9.17, 15) is 4.79 Å². The first-order valence-electron chi connectivity index (χ1n) is 2.92. The van der Waals surface area contributed by atoms with Crippen molar-refractivity contribution in [2.24, 2.45) is 0 Å². The third-order valence-electron chi connectivity index (χ3n) is 1.41. The quantitative estimate of drug-likeness (QED) is 0.527. The fourth-order valence-electron chi connectivity index (χ4n) is 0.960. The molecule has 1 fully saturated rings. The summed E-state index contributed by atoms with van der Waals surface area (Å²) in [7, 11) is 0. The van der Waals surface area contributed by atoms with Gasteiger partial charge in [-0.15, -0.1) is 0 Å². The smallest absolute Gasteiger partial charge is 0.332 e. The molecule has 0 bridgehead atoms. The number of rotatable bonds is 1. The zero-order valence-electron chi connectivity index (χ0n) is 6.55. The minimum atomic E-state index is -0.852. The van der Waals surface area contributed by atoms with Crippen molar-refractivity contribution in [1.29, 1.82) is 0 Å². The van der Waals surface area contributed by atoms with E-state index in [4.69, 9.17) is 9.84 Å². The Morgan fingerprint density at radius 2 is 2.10 bits per heavy atom. The second-order valence-corrected chi connectivity index (χ2v) is 2.91. The van der Waals surface area contributed by atoms with Gasteiger partial charge in [0.1, 0.15) is 0 Å². The Hall–Kier alpha value is 0.0274. The Labute approximate surface area is 71.9 Å². The van der Waals surface area contributed by atoms with Gasteiger partial charge in [-0.2, -0.15) is 0 Å². The van der Waals surface area contributed by atoms with E-state index < -0.39 is 12.1 Å². The summed E-state index contributed by atoms with van der Waals surface area (Å²) in [6.45, 7) is 3.76. The van der Waals surface area contributed by atoms with Gasteiger partial charge < -0.3 is 9.84 Å². The summed E-state index contributed by atoms with van der Waals surface area (Å²) in [5, 5.41) is 8.34. The average Bonchev–Trinajstić information content (AvgIpc) is 1.59. The summed E-state index contributed by atoms with van der Waals surface area (Å²) >= 11 is 0. The molecule has 0 aromatic carbocycles. The zero-order chi connectivity index (χ0) is 7.07. The van der Waals surface area contributed by atoms with Gasteiger partial charge in [-0.3, -0.25) is 0 Å². The van der Waals surface area contributed by atoms with Crippen LogP contribution in [0.15, 0.2) is 0 Å². The molecule has 1 atom stereocenters. The number of carboxylic acid groups (broad SMARTS) is 1. The van der Waals surface area contributed by atoms with Crippen molar-refractivity contribution in [2.45, 2.75) is 32.0 Å². The summed E-state index contributed by atoms with van der Waals surface area (Å²) < 4.78 is 4.99. The molecular formula is C6H10LiO3. The van der Waals surface area contributed by atoms with Gasteiger partial charge in [-0.1, -0.05) is 0 Å². The third kappa shape index (κ3) is 2.01. The molecule has 3 nitrogen and oxygen atoms in total. The molecule has 1 N–H and O–H groups in total. The first-order valence-corrected chi connectivity index (χ1v) is 2.92. The maximum absolute atomic E-state index is 10.1. The van der Waals surface area contributed by atoms with Crippen molar-refractivity contribution in [3.8, 4) is 0 Å². The van der Waals surface area contributed by atoms with E-state index in [0.717, 1.165) is 0 Å². The molecule has 0 spiro atoms. The largest absolute Gasteiger partial charge is 0.479 e. The van der Waals surface area contributed by atoms with E-state index >= 15 is 0 Å². The van der Waals surface area contributed by atoms with Crippen LogP contribution in [0.25, 0.3) is 0 Å². The number of carboxylic acids is 1. The van der Waals surface area contributed by atoms with E-state index in [1.54, 1.807) is 0 Å². The van der Waals surface area contributed by atoms with E-state index in [-0.39, 0.29) is 24.5 Å². The van der Waals surface area contributed by atoms with Gasteiger partial charge in [0, 0.05) is 25.3 Å². The first-order chi connectivity index (χ1) is 4.01. The Bertz CT molecular complexity index is 136. The maximum Gasteiger partial charge on any atom is 0.332 e. The molecule has 1 aliphatic rings. The molecule has 10 heavy (non-hydrogen) atoms. The van der Waals surface area contributed by atoms with E-state index in [1.165, 1.54) is 0 Å². The summed E-state index contributed by atoms with van der Waals surface area (Å²) in [5.74, 6) is -0.852. The number of carbonyl (C=O) groups is 1. The Kier molecular flexibility index (Phi) is 2.96. The van der Waals surface area contributed by atoms with Crippen LogP contribution in [0.1, 0.15) is 20.3 Å². The summed E-state index contributed by atoms with van der Waals surface area (Å²) in [5.41, 5.74) is -0.205. The topological polar surface area (TPSA) is 46.5 Å². The van der Waals surface area contributed by atoms with Gasteiger partial charge in [-0.25, -0.2) is 4.79 Å². The molecule has 4 heteroatoms. The van der Waals surface area contributed by atoms with Crippen LogP contribution >= 0.6 is 0 Å². The fraction of sp³-hybridized carbons (Fsp3) is 0.833. The van der Waals surface area contributed by atoms with Crippen molar-refractivity contribution < 1.29 is 14.6 Å². The fourth-order valence-corrected chi connectivity index (χ4v) is 0.960. The van der Waals surface area contributed by atoms with Crippen LogP contribution in [-0.4, -0.2) is 41.6 Å². The molecule has 0 aliphatic carbocycles. The van der Waals surface area contributed by atoms with Crippen LogP contribution in [0.3, 0.4) is 0 Å². The third-order valence-corrected chi connectivity index (χ3v) is 1.41. The van der Waals surface area contributed by atoms with Crippen molar-refractivity contribution >= 4 is 24.8 Å². The van der Waals surface area contributed by atoms with Crippen LogP contribution in [0.5, 0.6) is 0 Å².